The summed E-state index contributed by atoms with van der Waals surface area (Å²) in [6.07, 6.45) is 1.61. The number of pyridine rings is 1. The van der Waals surface area contributed by atoms with Crippen LogP contribution in [0, 0.1) is 6.92 Å². The third-order valence-corrected chi connectivity index (χ3v) is 4.42. The van der Waals surface area contributed by atoms with Crippen LogP contribution in [-0.2, 0) is 0 Å². The van der Waals surface area contributed by atoms with Gasteiger partial charge in [-0.15, -0.1) is 0 Å². The van der Waals surface area contributed by atoms with Gasteiger partial charge in [0.25, 0.3) is 5.91 Å². The molecule has 1 amide bonds. The van der Waals surface area contributed by atoms with Gasteiger partial charge in [-0.05, 0) is 62.7 Å². The van der Waals surface area contributed by atoms with Gasteiger partial charge in [-0.3, -0.25) is 9.59 Å². The van der Waals surface area contributed by atoms with E-state index in [4.69, 9.17) is 0 Å². The normalized spacial score (nSPS) is 10.4. The molecule has 142 valence electrons. The predicted octanol–water partition coefficient (Wildman–Crippen LogP) is 5.00. The van der Waals surface area contributed by atoms with Crippen LogP contribution in [0.4, 0.5) is 17.2 Å². The van der Waals surface area contributed by atoms with Crippen LogP contribution in [0.1, 0.15) is 40.1 Å². The van der Waals surface area contributed by atoms with Gasteiger partial charge in [0.2, 0.25) is 0 Å². The molecule has 0 radical (unpaired) electrons. The maximum atomic E-state index is 13.1. The Hall–Kier alpha value is -3.47. The minimum atomic E-state index is -0.0870. The van der Waals surface area contributed by atoms with Crippen molar-refractivity contribution in [2.45, 2.75) is 20.8 Å². The number of aryl methyl sites for hydroxylation is 1. The monoisotopic (exact) mass is 373 g/mol. The highest BCUT2D eigenvalue weighted by molar-refractivity contribution is 6.06. The number of aromatic nitrogens is 1. The lowest BCUT2D eigenvalue weighted by Gasteiger charge is -2.21. The summed E-state index contributed by atoms with van der Waals surface area (Å²) in [7, 11) is 0. The van der Waals surface area contributed by atoms with Crippen LogP contribution in [0.25, 0.3) is 0 Å². The van der Waals surface area contributed by atoms with E-state index in [2.05, 4.69) is 10.3 Å². The van der Waals surface area contributed by atoms with Crippen LogP contribution < -0.4 is 10.2 Å². The van der Waals surface area contributed by atoms with Gasteiger partial charge >= 0.3 is 0 Å². The molecule has 0 fully saturated rings. The third-order valence-electron chi connectivity index (χ3n) is 4.42. The van der Waals surface area contributed by atoms with E-state index in [0.29, 0.717) is 23.5 Å². The minimum absolute atomic E-state index is 0.00252. The second-order valence-electron chi connectivity index (χ2n) is 6.58. The maximum Gasteiger partial charge on any atom is 0.258 e. The molecule has 0 aliphatic rings. The Morgan fingerprint density at radius 2 is 1.79 bits per heavy atom. The number of ketones is 1. The maximum absolute atomic E-state index is 13.1. The van der Waals surface area contributed by atoms with Gasteiger partial charge in [0.1, 0.15) is 5.82 Å². The van der Waals surface area contributed by atoms with E-state index >= 15 is 0 Å². The summed E-state index contributed by atoms with van der Waals surface area (Å²) >= 11 is 0. The van der Waals surface area contributed by atoms with E-state index in [1.165, 1.54) is 6.92 Å². The van der Waals surface area contributed by atoms with E-state index in [9.17, 15) is 9.59 Å². The summed E-state index contributed by atoms with van der Waals surface area (Å²) < 4.78 is 0. The summed E-state index contributed by atoms with van der Waals surface area (Å²) in [5.74, 6) is 0.458. The number of benzene rings is 2. The molecule has 1 heterocycles. The zero-order valence-corrected chi connectivity index (χ0v) is 16.3. The third kappa shape index (κ3) is 4.43. The zero-order valence-electron chi connectivity index (χ0n) is 16.3. The quantitative estimate of drug-likeness (QED) is 0.618. The molecule has 1 aromatic heterocycles. The number of Topliss-reactive ketones (excluding diaryl/α,β-unsaturated/α-hetero) is 1. The number of nitrogens with one attached hydrogen (secondary N) is 1. The summed E-state index contributed by atoms with van der Waals surface area (Å²) in [4.78, 5) is 30.7. The van der Waals surface area contributed by atoms with Crippen molar-refractivity contribution < 1.29 is 9.59 Å². The molecule has 0 spiro atoms. The predicted molar refractivity (Wildman–Crippen MR) is 112 cm³/mol. The minimum Gasteiger partial charge on any atom is -0.340 e. The number of hydrogen-bond donors (Lipinski definition) is 1. The van der Waals surface area contributed by atoms with Gasteiger partial charge in [0, 0.05) is 35.2 Å². The summed E-state index contributed by atoms with van der Waals surface area (Å²) in [6.45, 7) is 6.05. The highest BCUT2D eigenvalue weighted by Crippen LogP contribution is 2.21. The zero-order chi connectivity index (χ0) is 20.1. The van der Waals surface area contributed by atoms with Crippen LogP contribution in [0.5, 0.6) is 0 Å². The van der Waals surface area contributed by atoms with Crippen molar-refractivity contribution in [1.82, 2.24) is 4.98 Å². The van der Waals surface area contributed by atoms with E-state index < -0.39 is 0 Å². The lowest BCUT2D eigenvalue weighted by molar-refractivity contribution is 0.0986. The van der Waals surface area contributed by atoms with Gasteiger partial charge in [-0.1, -0.05) is 24.3 Å². The second-order valence-corrected chi connectivity index (χ2v) is 6.58. The Labute approximate surface area is 165 Å². The molecule has 5 heteroatoms. The van der Waals surface area contributed by atoms with E-state index in [-0.39, 0.29) is 11.7 Å². The molecule has 0 saturated carbocycles. The molecule has 0 saturated heterocycles. The highest BCUT2D eigenvalue weighted by atomic mass is 16.2. The van der Waals surface area contributed by atoms with Gasteiger partial charge in [0.05, 0.1) is 0 Å². The molecule has 0 unspecified atom stereocenters. The number of rotatable bonds is 6. The first-order chi connectivity index (χ1) is 13.5. The lowest BCUT2D eigenvalue weighted by atomic mass is 10.1. The number of amides is 1. The fraction of sp³-hybridized carbons (Fsp3) is 0.174. The SMILES string of the molecule is CCN(C(=O)c1ccnc(Nc2cccc(C(C)=O)c2)c1)c1cccc(C)c1. The van der Waals surface area contributed by atoms with Crippen LogP contribution in [0.2, 0.25) is 0 Å². The fourth-order valence-electron chi connectivity index (χ4n) is 2.99. The van der Waals surface area contributed by atoms with Gasteiger partial charge in [-0.25, -0.2) is 4.98 Å². The summed E-state index contributed by atoms with van der Waals surface area (Å²) in [6, 6.07) is 18.5. The van der Waals surface area contributed by atoms with E-state index in [0.717, 1.165) is 16.9 Å². The molecule has 28 heavy (non-hydrogen) atoms. The summed E-state index contributed by atoms with van der Waals surface area (Å²) in [5.41, 5.74) is 3.88. The molecular formula is C23H23N3O2. The Morgan fingerprint density at radius 1 is 1.00 bits per heavy atom. The molecule has 3 rings (SSSR count). The van der Waals surface area contributed by atoms with E-state index in [1.54, 1.807) is 35.4 Å². The summed E-state index contributed by atoms with van der Waals surface area (Å²) in [5, 5.41) is 3.17. The Morgan fingerprint density at radius 3 is 2.50 bits per heavy atom. The molecule has 3 aromatic rings. The van der Waals surface area contributed by atoms with Gasteiger partial charge in [-0.2, -0.15) is 0 Å². The number of nitrogens with zero attached hydrogens (tertiary/aromatic N) is 2. The Kier molecular flexibility index (Phi) is 5.84. The van der Waals surface area contributed by atoms with Crippen molar-refractivity contribution in [2.24, 2.45) is 0 Å². The van der Waals surface area contributed by atoms with Crippen LogP contribution in [0.3, 0.4) is 0 Å². The Balaban J connectivity index is 1.85. The fourth-order valence-corrected chi connectivity index (χ4v) is 2.99. The lowest BCUT2D eigenvalue weighted by Crippen LogP contribution is -2.30. The topological polar surface area (TPSA) is 62.3 Å². The van der Waals surface area contributed by atoms with Crippen LogP contribution >= 0.6 is 0 Å². The second kappa shape index (κ2) is 8.48. The molecule has 1 N–H and O–H groups in total. The molecule has 5 nitrogen and oxygen atoms in total. The number of carbonyl (C=O) groups excluding carboxylic acids is 2. The van der Waals surface area contributed by atoms with Crippen molar-refractivity contribution >= 4 is 28.9 Å². The van der Waals surface area contributed by atoms with Crippen molar-refractivity contribution in [1.29, 1.82) is 0 Å². The molecule has 0 atom stereocenters. The number of hydrogen-bond acceptors (Lipinski definition) is 4. The molecule has 0 bridgehead atoms. The molecule has 0 aliphatic heterocycles. The van der Waals surface area contributed by atoms with Crippen molar-refractivity contribution in [2.75, 3.05) is 16.8 Å². The first kappa shape index (κ1) is 19.3. The molecule has 2 aromatic carbocycles. The first-order valence-electron chi connectivity index (χ1n) is 9.20. The molecular weight excluding hydrogens is 350 g/mol. The highest BCUT2D eigenvalue weighted by Gasteiger charge is 2.17. The number of carbonyl (C=O) groups is 2. The van der Waals surface area contributed by atoms with Crippen molar-refractivity contribution in [3.63, 3.8) is 0 Å². The van der Waals surface area contributed by atoms with Crippen molar-refractivity contribution in [3.05, 3.63) is 83.6 Å². The average Bonchev–Trinajstić information content (AvgIpc) is 2.69. The van der Waals surface area contributed by atoms with Crippen LogP contribution in [0.15, 0.2) is 66.9 Å². The largest absolute Gasteiger partial charge is 0.340 e. The van der Waals surface area contributed by atoms with Crippen LogP contribution in [-0.4, -0.2) is 23.2 Å². The smallest absolute Gasteiger partial charge is 0.258 e. The van der Waals surface area contributed by atoms with E-state index in [1.807, 2.05) is 50.2 Å². The Bertz CT molecular complexity index is 1010. The van der Waals surface area contributed by atoms with Gasteiger partial charge < -0.3 is 10.2 Å². The van der Waals surface area contributed by atoms with Gasteiger partial charge in [0.15, 0.2) is 5.78 Å². The first-order valence-corrected chi connectivity index (χ1v) is 9.20. The van der Waals surface area contributed by atoms with Crippen molar-refractivity contribution in [3.8, 4) is 0 Å². The standard InChI is InChI=1S/C23H23N3O2/c1-4-26(21-10-5-7-16(2)13-21)23(28)19-11-12-24-22(15-19)25-20-9-6-8-18(14-20)17(3)27/h5-15H,4H2,1-3H3,(H,24,25). The number of anilines is 3. The molecule has 0 aliphatic carbocycles. The average molecular weight is 373 g/mol.